The maximum Gasteiger partial charge on any atom is 0.102 e. The molecule has 1 aliphatic rings. The Hall–Kier alpha value is -0.870. The first-order chi connectivity index (χ1) is 9.13. The standard InChI is InChI=1S/C15H27N3O/c1-3-10-18-13(6-9-17-18)14(19)15(11-16)7-4-12(2)5-8-15/h6,9,12,14,19H,3-5,7-8,10-11,16H2,1-2H3. The van der Waals surface area contributed by atoms with Crippen LogP contribution in [0.4, 0.5) is 0 Å². The first-order valence-corrected chi connectivity index (χ1v) is 7.53. The van der Waals surface area contributed by atoms with Crippen LogP contribution in [0.5, 0.6) is 0 Å². The number of rotatable bonds is 5. The molecule has 1 fully saturated rings. The molecule has 1 aliphatic carbocycles. The van der Waals surface area contributed by atoms with Gasteiger partial charge in [-0.2, -0.15) is 5.10 Å². The Morgan fingerprint density at radius 1 is 1.53 bits per heavy atom. The van der Waals surface area contributed by atoms with Gasteiger partial charge in [0, 0.05) is 24.7 Å². The van der Waals surface area contributed by atoms with Gasteiger partial charge < -0.3 is 10.8 Å². The monoisotopic (exact) mass is 265 g/mol. The van der Waals surface area contributed by atoms with Gasteiger partial charge in [0.25, 0.3) is 0 Å². The van der Waals surface area contributed by atoms with Crippen LogP contribution in [0.1, 0.15) is 57.7 Å². The molecule has 1 heterocycles. The highest BCUT2D eigenvalue weighted by Gasteiger charge is 2.41. The molecule has 1 aromatic heterocycles. The molecule has 3 N–H and O–H groups in total. The third kappa shape index (κ3) is 2.84. The van der Waals surface area contributed by atoms with Crippen LogP contribution in [-0.4, -0.2) is 21.4 Å². The fourth-order valence-electron chi connectivity index (χ4n) is 3.21. The van der Waals surface area contributed by atoms with Crippen molar-refractivity contribution in [3.63, 3.8) is 0 Å². The third-order valence-corrected chi connectivity index (χ3v) is 4.72. The summed E-state index contributed by atoms with van der Waals surface area (Å²) in [5.74, 6) is 0.757. The van der Waals surface area contributed by atoms with E-state index in [9.17, 15) is 5.11 Å². The zero-order valence-electron chi connectivity index (χ0n) is 12.2. The van der Waals surface area contributed by atoms with Crippen LogP contribution in [0.3, 0.4) is 0 Å². The van der Waals surface area contributed by atoms with Gasteiger partial charge in [-0.1, -0.05) is 26.7 Å². The van der Waals surface area contributed by atoms with E-state index in [1.54, 1.807) is 6.20 Å². The molecule has 1 saturated carbocycles. The molecule has 0 aliphatic heterocycles. The molecule has 0 bridgehead atoms. The summed E-state index contributed by atoms with van der Waals surface area (Å²) in [4.78, 5) is 0. The molecule has 2 rings (SSSR count). The van der Waals surface area contributed by atoms with Gasteiger partial charge >= 0.3 is 0 Å². The summed E-state index contributed by atoms with van der Waals surface area (Å²) in [5, 5.41) is 15.2. The number of nitrogens with zero attached hydrogens (tertiary/aromatic N) is 2. The lowest BCUT2D eigenvalue weighted by atomic mass is 9.67. The van der Waals surface area contributed by atoms with Crippen molar-refractivity contribution in [1.29, 1.82) is 0 Å². The lowest BCUT2D eigenvalue weighted by Crippen LogP contribution is -2.40. The molecule has 4 heteroatoms. The van der Waals surface area contributed by atoms with Crippen molar-refractivity contribution in [3.8, 4) is 0 Å². The van der Waals surface area contributed by atoms with Gasteiger partial charge in [-0.15, -0.1) is 0 Å². The second-order valence-corrected chi connectivity index (χ2v) is 6.13. The van der Waals surface area contributed by atoms with Gasteiger partial charge in [-0.05, 0) is 31.2 Å². The van der Waals surface area contributed by atoms with Gasteiger partial charge in [-0.3, -0.25) is 4.68 Å². The van der Waals surface area contributed by atoms with Crippen LogP contribution in [-0.2, 0) is 6.54 Å². The summed E-state index contributed by atoms with van der Waals surface area (Å²) in [7, 11) is 0. The molecular weight excluding hydrogens is 238 g/mol. The zero-order chi connectivity index (χ0) is 13.9. The lowest BCUT2D eigenvalue weighted by molar-refractivity contribution is -0.0136. The zero-order valence-corrected chi connectivity index (χ0v) is 12.2. The van der Waals surface area contributed by atoms with E-state index in [4.69, 9.17) is 5.73 Å². The molecule has 0 radical (unpaired) electrons. The van der Waals surface area contributed by atoms with Crippen molar-refractivity contribution in [1.82, 2.24) is 9.78 Å². The maximum atomic E-state index is 10.8. The second kappa shape index (κ2) is 6.06. The molecule has 0 spiro atoms. The molecule has 4 nitrogen and oxygen atoms in total. The summed E-state index contributed by atoms with van der Waals surface area (Å²) in [6.45, 7) is 5.82. The van der Waals surface area contributed by atoms with E-state index in [0.717, 1.165) is 50.3 Å². The molecule has 108 valence electrons. The van der Waals surface area contributed by atoms with Gasteiger partial charge in [0.1, 0.15) is 6.10 Å². The van der Waals surface area contributed by atoms with E-state index < -0.39 is 6.10 Å². The van der Waals surface area contributed by atoms with Crippen molar-refractivity contribution in [3.05, 3.63) is 18.0 Å². The molecule has 1 atom stereocenters. The topological polar surface area (TPSA) is 64.1 Å². The average Bonchev–Trinajstić information content (AvgIpc) is 2.88. The fourth-order valence-corrected chi connectivity index (χ4v) is 3.21. The SMILES string of the molecule is CCCn1nccc1C(O)C1(CN)CCC(C)CC1. The average molecular weight is 265 g/mol. The third-order valence-electron chi connectivity index (χ3n) is 4.72. The molecule has 19 heavy (non-hydrogen) atoms. The summed E-state index contributed by atoms with van der Waals surface area (Å²) in [5.41, 5.74) is 6.80. The Kier molecular flexibility index (Phi) is 4.63. The summed E-state index contributed by atoms with van der Waals surface area (Å²) in [6.07, 6.45) is 6.68. The number of aromatic nitrogens is 2. The summed E-state index contributed by atoms with van der Waals surface area (Å²) >= 11 is 0. The van der Waals surface area contributed by atoms with E-state index in [1.165, 1.54) is 0 Å². The van der Waals surface area contributed by atoms with Crippen LogP contribution in [0, 0.1) is 11.3 Å². The molecular formula is C15H27N3O. The van der Waals surface area contributed by atoms with E-state index >= 15 is 0 Å². The molecule has 1 aromatic rings. The van der Waals surface area contributed by atoms with Crippen LogP contribution in [0.2, 0.25) is 0 Å². The minimum atomic E-state index is -0.487. The number of aliphatic hydroxyl groups is 1. The van der Waals surface area contributed by atoms with Gasteiger partial charge in [0.05, 0.1) is 5.69 Å². The molecule has 0 amide bonds. The Morgan fingerprint density at radius 3 is 2.79 bits per heavy atom. The normalized spacial score (nSPS) is 29.4. The van der Waals surface area contributed by atoms with E-state index in [1.807, 2.05) is 10.7 Å². The quantitative estimate of drug-likeness (QED) is 0.859. The molecule has 1 unspecified atom stereocenters. The number of aliphatic hydroxyl groups excluding tert-OH is 1. The van der Waals surface area contributed by atoms with Crippen molar-refractivity contribution in [2.75, 3.05) is 6.54 Å². The molecule has 0 aromatic carbocycles. The van der Waals surface area contributed by atoms with Crippen molar-refractivity contribution in [2.24, 2.45) is 17.1 Å². The fraction of sp³-hybridized carbons (Fsp3) is 0.800. The predicted octanol–water partition coefficient (Wildman–Crippen LogP) is 2.48. The van der Waals surface area contributed by atoms with Crippen molar-refractivity contribution >= 4 is 0 Å². The minimum Gasteiger partial charge on any atom is -0.386 e. The van der Waals surface area contributed by atoms with E-state index in [-0.39, 0.29) is 5.41 Å². The highest BCUT2D eigenvalue weighted by Crippen LogP contribution is 2.46. The highest BCUT2D eigenvalue weighted by molar-refractivity contribution is 5.10. The lowest BCUT2D eigenvalue weighted by Gasteiger charge is -2.42. The smallest absolute Gasteiger partial charge is 0.102 e. The van der Waals surface area contributed by atoms with Crippen LogP contribution in [0.25, 0.3) is 0 Å². The van der Waals surface area contributed by atoms with Crippen molar-refractivity contribution < 1.29 is 5.11 Å². The van der Waals surface area contributed by atoms with Gasteiger partial charge in [-0.25, -0.2) is 0 Å². The number of hydrogen-bond acceptors (Lipinski definition) is 3. The predicted molar refractivity (Wildman–Crippen MR) is 76.6 cm³/mol. The van der Waals surface area contributed by atoms with Crippen LogP contribution in [0.15, 0.2) is 12.3 Å². The maximum absolute atomic E-state index is 10.8. The minimum absolute atomic E-state index is 0.155. The number of hydrogen-bond donors (Lipinski definition) is 2. The number of aryl methyl sites for hydroxylation is 1. The highest BCUT2D eigenvalue weighted by atomic mass is 16.3. The molecule has 0 saturated heterocycles. The summed E-state index contributed by atoms with van der Waals surface area (Å²) in [6, 6.07) is 1.94. The Labute approximate surface area is 116 Å². The Morgan fingerprint density at radius 2 is 2.21 bits per heavy atom. The first kappa shape index (κ1) is 14.5. The Bertz CT molecular complexity index is 394. The second-order valence-electron chi connectivity index (χ2n) is 6.13. The van der Waals surface area contributed by atoms with E-state index in [2.05, 4.69) is 18.9 Å². The van der Waals surface area contributed by atoms with Crippen molar-refractivity contribution in [2.45, 2.75) is 58.6 Å². The van der Waals surface area contributed by atoms with Crippen LogP contribution >= 0.6 is 0 Å². The van der Waals surface area contributed by atoms with Gasteiger partial charge in [0.2, 0.25) is 0 Å². The Balaban J connectivity index is 2.20. The van der Waals surface area contributed by atoms with E-state index in [0.29, 0.717) is 6.54 Å². The van der Waals surface area contributed by atoms with Crippen LogP contribution < -0.4 is 5.73 Å². The first-order valence-electron chi connectivity index (χ1n) is 7.53. The summed E-state index contributed by atoms with van der Waals surface area (Å²) < 4.78 is 1.93. The van der Waals surface area contributed by atoms with Gasteiger partial charge in [0.15, 0.2) is 0 Å². The number of nitrogens with two attached hydrogens (primary N) is 1. The largest absolute Gasteiger partial charge is 0.386 e.